The maximum atomic E-state index is 13.6. The van der Waals surface area contributed by atoms with Gasteiger partial charge in [0, 0.05) is 18.9 Å². The highest BCUT2D eigenvalue weighted by atomic mass is 16.7. The number of aliphatic hydroxyl groups excluding tert-OH is 6. The molecule has 11 nitrogen and oxygen atoms in total. The van der Waals surface area contributed by atoms with Crippen LogP contribution in [0, 0.1) is 29.6 Å². The largest absolute Gasteiger partial charge is 0.394 e. The molecule has 0 aromatic heterocycles. The number of fused-ring (bicyclic) bond motifs is 2. The van der Waals surface area contributed by atoms with Gasteiger partial charge in [-0.05, 0) is 6.42 Å². The Morgan fingerprint density at radius 1 is 0.939 bits per heavy atom. The highest BCUT2D eigenvalue weighted by Gasteiger charge is 2.62. The molecule has 1 aliphatic heterocycles. The fourth-order valence-corrected chi connectivity index (χ4v) is 5.95. The van der Waals surface area contributed by atoms with Gasteiger partial charge < -0.3 is 44.8 Å². The Morgan fingerprint density at radius 3 is 2.24 bits per heavy atom. The predicted molar refractivity (Wildman–Crippen MR) is 108 cm³/mol. The normalized spacial score (nSPS) is 52.4. The van der Waals surface area contributed by atoms with Crippen LogP contribution in [0.15, 0.2) is 12.2 Å². The van der Waals surface area contributed by atoms with Crippen molar-refractivity contribution in [3.8, 4) is 0 Å². The minimum atomic E-state index is -1.66. The molecule has 3 fully saturated rings. The van der Waals surface area contributed by atoms with Crippen LogP contribution in [-0.4, -0.2) is 111 Å². The van der Waals surface area contributed by atoms with Gasteiger partial charge in [-0.15, -0.1) is 0 Å². The Balaban J connectivity index is 1.61. The van der Waals surface area contributed by atoms with Crippen molar-refractivity contribution in [2.45, 2.75) is 68.5 Å². The molecular formula is C22H32O11. The molecule has 11 heteroatoms. The molecule has 1 heterocycles. The molecule has 2 saturated carbocycles. The zero-order chi connectivity index (χ0) is 24.2. The van der Waals surface area contributed by atoms with Crippen LogP contribution < -0.4 is 0 Å². The van der Waals surface area contributed by atoms with E-state index in [9.17, 15) is 40.2 Å². The maximum absolute atomic E-state index is 13.6. The lowest BCUT2D eigenvalue weighted by molar-refractivity contribution is -0.311. The van der Waals surface area contributed by atoms with Gasteiger partial charge in [-0.25, -0.2) is 0 Å². The first-order valence-electron chi connectivity index (χ1n) is 11.2. The molecule has 6 N–H and O–H groups in total. The molecule has 14 atom stereocenters. The topological polar surface area (TPSA) is 183 Å². The first-order valence-corrected chi connectivity index (χ1v) is 11.2. The summed E-state index contributed by atoms with van der Waals surface area (Å²) in [6.45, 7) is 1.01. The molecule has 4 aliphatic rings. The van der Waals surface area contributed by atoms with Crippen molar-refractivity contribution < 1.29 is 54.4 Å². The lowest BCUT2D eigenvalue weighted by Gasteiger charge is -2.52. The predicted octanol–water partition coefficient (Wildman–Crippen LogP) is -2.87. The van der Waals surface area contributed by atoms with Gasteiger partial charge in [-0.1, -0.05) is 19.1 Å². The van der Waals surface area contributed by atoms with Gasteiger partial charge in [0.25, 0.3) is 0 Å². The number of hydrogen-bond acceptors (Lipinski definition) is 11. The average Bonchev–Trinajstić information content (AvgIpc) is 2.80. The zero-order valence-corrected chi connectivity index (χ0v) is 18.4. The van der Waals surface area contributed by atoms with Crippen molar-refractivity contribution in [3.05, 3.63) is 12.2 Å². The van der Waals surface area contributed by atoms with E-state index >= 15 is 0 Å². The Labute approximate surface area is 190 Å². The van der Waals surface area contributed by atoms with Crippen LogP contribution >= 0.6 is 0 Å². The van der Waals surface area contributed by atoms with Gasteiger partial charge in [0.2, 0.25) is 0 Å². The lowest BCUT2D eigenvalue weighted by Crippen LogP contribution is -2.66. The molecular weight excluding hydrogens is 440 g/mol. The van der Waals surface area contributed by atoms with E-state index in [0.29, 0.717) is 0 Å². The highest BCUT2D eigenvalue weighted by molar-refractivity contribution is 6.01. The van der Waals surface area contributed by atoms with Crippen LogP contribution in [0.3, 0.4) is 0 Å². The van der Waals surface area contributed by atoms with Crippen LogP contribution in [0.5, 0.6) is 0 Å². The number of rotatable bonds is 4. The summed E-state index contributed by atoms with van der Waals surface area (Å²) in [6.07, 6.45) is -8.37. The Kier molecular flexibility index (Phi) is 7.08. The van der Waals surface area contributed by atoms with E-state index in [1.165, 1.54) is 7.11 Å². The Bertz CT molecular complexity index is 784. The minimum absolute atomic E-state index is 0.239. The standard InChI is InChI=1S/C22H32O11/c1-7-14(24)12-13(18(28)21(7)31-2)15(25)8-4-3-5-9(11(8)17(12)27)32-22-20(30)19(29)16(26)10(6-23)33-22/h3,5,7-14,16,18-24,26,28-30H,4,6H2,1-2H3. The number of aliphatic hydroxyl groups is 6. The Morgan fingerprint density at radius 2 is 1.61 bits per heavy atom. The zero-order valence-electron chi connectivity index (χ0n) is 18.4. The van der Waals surface area contributed by atoms with E-state index in [1.807, 2.05) is 0 Å². The van der Waals surface area contributed by atoms with Crippen molar-refractivity contribution in [2.24, 2.45) is 29.6 Å². The second kappa shape index (κ2) is 9.40. The number of Topliss-reactive ketones (excluding diaryl/α,β-unsaturated/α-hetero) is 2. The monoisotopic (exact) mass is 472 g/mol. The minimum Gasteiger partial charge on any atom is -0.394 e. The first kappa shape index (κ1) is 24.8. The van der Waals surface area contributed by atoms with Gasteiger partial charge >= 0.3 is 0 Å². The van der Waals surface area contributed by atoms with Crippen molar-refractivity contribution in [1.82, 2.24) is 0 Å². The molecule has 1 saturated heterocycles. The second-order valence-corrected chi connectivity index (χ2v) is 9.49. The van der Waals surface area contributed by atoms with E-state index < -0.39 is 97.1 Å². The molecule has 33 heavy (non-hydrogen) atoms. The van der Waals surface area contributed by atoms with Crippen molar-refractivity contribution >= 4 is 11.6 Å². The number of carbonyl (C=O) groups excluding carboxylic acids is 2. The third-order valence-electron chi connectivity index (χ3n) is 7.78. The third kappa shape index (κ3) is 3.89. The highest BCUT2D eigenvalue weighted by Crippen LogP contribution is 2.48. The second-order valence-electron chi connectivity index (χ2n) is 9.49. The summed E-state index contributed by atoms with van der Waals surface area (Å²) >= 11 is 0. The number of carbonyl (C=O) groups is 2. The molecule has 0 aromatic rings. The van der Waals surface area contributed by atoms with Crippen LogP contribution in [0.4, 0.5) is 0 Å². The van der Waals surface area contributed by atoms with Gasteiger partial charge in [0.15, 0.2) is 6.29 Å². The van der Waals surface area contributed by atoms with E-state index in [4.69, 9.17) is 14.2 Å². The molecule has 0 aromatic carbocycles. The van der Waals surface area contributed by atoms with Crippen LogP contribution in [-0.2, 0) is 23.8 Å². The summed E-state index contributed by atoms with van der Waals surface area (Å²) in [7, 11) is 1.38. The number of methoxy groups -OCH3 is 1. The van der Waals surface area contributed by atoms with Gasteiger partial charge in [-0.3, -0.25) is 9.59 Å². The summed E-state index contributed by atoms with van der Waals surface area (Å²) in [6, 6.07) is 0. The number of ketones is 2. The SMILES string of the molecule is COC1C(C)C(O)C2C(=O)C3C(OC4OC(CO)C(O)C(O)C4O)C=CCC3C(=O)C2C1O. The van der Waals surface area contributed by atoms with Crippen molar-refractivity contribution in [2.75, 3.05) is 13.7 Å². The quantitative estimate of drug-likeness (QED) is 0.231. The number of ether oxygens (including phenoxy) is 3. The maximum Gasteiger partial charge on any atom is 0.187 e. The molecule has 0 radical (unpaired) electrons. The van der Waals surface area contributed by atoms with E-state index in [1.54, 1.807) is 19.1 Å². The van der Waals surface area contributed by atoms with Gasteiger partial charge in [0.1, 0.15) is 36.0 Å². The summed E-state index contributed by atoms with van der Waals surface area (Å²) in [5, 5.41) is 61.4. The summed E-state index contributed by atoms with van der Waals surface area (Å²) in [4.78, 5) is 27.0. The van der Waals surface area contributed by atoms with Crippen molar-refractivity contribution in [1.29, 1.82) is 0 Å². The Hall–Kier alpha value is -1.28. The lowest BCUT2D eigenvalue weighted by atomic mass is 9.55. The molecule has 3 aliphatic carbocycles. The first-order chi connectivity index (χ1) is 15.6. The summed E-state index contributed by atoms with van der Waals surface area (Å²) < 4.78 is 16.5. The smallest absolute Gasteiger partial charge is 0.187 e. The summed E-state index contributed by atoms with van der Waals surface area (Å²) in [5.41, 5.74) is 0. The fraction of sp³-hybridized carbons (Fsp3) is 0.818. The fourth-order valence-electron chi connectivity index (χ4n) is 5.95. The molecule has 186 valence electrons. The van der Waals surface area contributed by atoms with Crippen molar-refractivity contribution in [3.63, 3.8) is 0 Å². The number of hydrogen-bond donors (Lipinski definition) is 6. The van der Waals surface area contributed by atoms with Crippen LogP contribution in [0.25, 0.3) is 0 Å². The molecule has 0 spiro atoms. The molecule has 4 rings (SSSR count). The third-order valence-corrected chi connectivity index (χ3v) is 7.78. The van der Waals surface area contributed by atoms with E-state index in [-0.39, 0.29) is 12.2 Å². The average molecular weight is 472 g/mol. The van der Waals surface area contributed by atoms with Gasteiger partial charge in [0.05, 0.1) is 48.8 Å². The van der Waals surface area contributed by atoms with E-state index in [2.05, 4.69) is 0 Å². The molecule has 0 bridgehead atoms. The van der Waals surface area contributed by atoms with Crippen LogP contribution in [0.2, 0.25) is 0 Å². The molecule has 14 unspecified atom stereocenters. The number of allylic oxidation sites excluding steroid dienone is 1. The summed E-state index contributed by atoms with van der Waals surface area (Å²) in [5.74, 6) is -5.44. The van der Waals surface area contributed by atoms with E-state index in [0.717, 1.165) is 0 Å². The van der Waals surface area contributed by atoms with Gasteiger partial charge in [-0.2, -0.15) is 0 Å². The van der Waals surface area contributed by atoms with Crippen LogP contribution in [0.1, 0.15) is 13.3 Å². The molecule has 0 amide bonds.